The van der Waals surface area contributed by atoms with Crippen molar-refractivity contribution in [2.45, 2.75) is 50.5 Å². The standard InChI is InChI=1S/C18H22O2/c1-2-3-14-17(19)18(20,15-10-6-4-7-11-15)16-12-8-5-9-13-16/h1,4,6-7,10-11,16,20H,3,5,8-9,12-14H2. The van der Waals surface area contributed by atoms with Gasteiger partial charge >= 0.3 is 0 Å². The summed E-state index contributed by atoms with van der Waals surface area (Å²) >= 11 is 0. The van der Waals surface area contributed by atoms with Crippen LogP contribution in [-0.4, -0.2) is 10.9 Å². The van der Waals surface area contributed by atoms with E-state index < -0.39 is 5.60 Å². The monoisotopic (exact) mass is 270 g/mol. The van der Waals surface area contributed by atoms with Gasteiger partial charge in [-0.1, -0.05) is 49.6 Å². The molecule has 1 saturated carbocycles. The highest BCUT2D eigenvalue weighted by atomic mass is 16.3. The van der Waals surface area contributed by atoms with Crippen molar-refractivity contribution in [3.05, 3.63) is 35.9 Å². The van der Waals surface area contributed by atoms with Crippen molar-refractivity contribution in [2.75, 3.05) is 0 Å². The van der Waals surface area contributed by atoms with Crippen LogP contribution in [0.3, 0.4) is 0 Å². The molecule has 1 aliphatic carbocycles. The number of carbonyl (C=O) groups is 1. The Balaban J connectivity index is 2.32. The van der Waals surface area contributed by atoms with Crippen LogP contribution in [0.25, 0.3) is 0 Å². The summed E-state index contributed by atoms with van der Waals surface area (Å²) in [5.74, 6) is 2.38. The first-order valence-electron chi connectivity index (χ1n) is 7.44. The van der Waals surface area contributed by atoms with Crippen LogP contribution in [0, 0.1) is 18.3 Å². The number of terminal acetylenes is 1. The van der Waals surface area contributed by atoms with Gasteiger partial charge in [-0.2, -0.15) is 0 Å². The second-order valence-corrected chi connectivity index (χ2v) is 5.59. The number of rotatable bonds is 5. The van der Waals surface area contributed by atoms with Gasteiger partial charge < -0.3 is 5.11 Å². The maximum absolute atomic E-state index is 12.6. The molecule has 1 aliphatic rings. The fourth-order valence-electron chi connectivity index (χ4n) is 3.21. The minimum Gasteiger partial charge on any atom is -0.377 e. The maximum atomic E-state index is 12.6. The van der Waals surface area contributed by atoms with Gasteiger partial charge in [0.05, 0.1) is 0 Å². The molecule has 2 heteroatoms. The molecule has 106 valence electrons. The Bertz CT molecular complexity index is 480. The van der Waals surface area contributed by atoms with E-state index in [1.165, 1.54) is 6.42 Å². The van der Waals surface area contributed by atoms with Crippen LogP contribution < -0.4 is 0 Å². The second-order valence-electron chi connectivity index (χ2n) is 5.59. The number of aliphatic hydroxyl groups is 1. The highest BCUT2D eigenvalue weighted by Crippen LogP contribution is 2.40. The second kappa shape index (κ2) is 6.72. The molecule has 1 aromatic carbocycles. The highest BCUT2D eigenvalue weighted by molar-refractivity contribution is 5.88. The summed E-state index contributed by atoms with van der Waals surface area (Å²) in [6.07, 6.45) is 11.1. The largest absolute Gasteiger partial charge is 0.377 e. The van der Waals surface area contributed by atoms with Gasteiger partial charge in [0.1, 0.15) is 0 Å². The normalized spacial score (nSPS) is 19.0. The SMILES string of the molecule is C#CCCC(=O)C(O)(c1ccccc1)C1CCCCC1. The van der Waals surface area contributed by atoms with Gasteiger partial charge in [0, 0.05) is 12.8 Å². The van der Waals surface area contributed by atoms with E-state index in [0.717, 1.165) is 25.7 Å². The molecule has 0 aromatic heterocycles. The molecule has 0 amide bonds. The first kappa shape index (κ1) is 14.8. The van der Waals surface area contributed by atoms with E-state index >= 15 is 0 Å². The zero-order valence-corrected chi connectivity index (χ0v) is 11.8. The van der Waals surface area contributed by atoms with Gasteiger partial charge in [0.15, 0.2) is 11.4 Å². The fraction of sp³-hybridized carbons (Fsp3) is 0.500. The van der Waals surface area contributed by atoms with Crippen molar-refractivity contribution in [3.8, 4) is 12.3 Å². The molecule has 0 spiro atoms. The first-order chi connectivity index (χ1) is 9.69. The van der Waals surface area contributed by atoms with Crippen molar-refractivity contribution in [2.24, 2.45) is 5.92 Å². The Morgan fingerprint density at radius 3 is 2.50 bits per heavy atom. The van der Waals surface area contributed by atoms with Gasteiger partial charge in [0.2, 0.25) is 0 Å². The zero-order chi connectivity index (χ0) is 14.4. The summed E-state index contributed by atoms with van der Waals surface area (Å²) in [6.45, 7) is 0. The van der Waals surface area contributed by atoms with Crippen molar-refractivity contribution in [1.82, 2.24) is 0 Å². The molecule has 0 bridgehead atoms. The molecule has 0 aliphatic heterocycles. The Morgan fingerprint density at radius 2 is 1.90 bits per heavy atom. The zero-order valence-electron chi connectivity index (χ0n) is 11.8. The average Bonchev–Trinajstić information content (AvgIpc) is 2.53. The van der Waals surface area contributed by atoms with Crippen LogP contribution >= 0.6 is 0 Å². The van der Waals surface area contributed by atoms with Crippen molar-refractivity contribution < 1.29 is 9.90 Å². The summed E-state index contributed by atoms with van der Waals surface area (Å²) in [7, 11) is 0. The van der Waals surface area contributed by atoms with Gasteiger partial charge in [-0.15, -0.1) is 12.3 Å². The predicted molar refractivity (Wildman–Crippen MR) is 80.0 cm³/mol. The van der Waals surface area contributed by atoms with Crippen LogP contribution in [0.1, 0.15) is 50.5 Å². The lowest BCUT2D eigenvalue weighted by molar-refractivity contribution is -0.146. The Labute approximate surface area is 121 Å². The molecule has 1 fully saturated rings. The molecule has 1 aromatic rings. The number of Topliss-reactive ketones (excluding diaryl/α,β-unsaturated/α-hetero) is 1. The topological polar surface area (TPSA) is 37.3 Å². The van der Waals surface area contributed by atoms with E-state index in [0.29, 0.717) is 12.0 Å². The molecule has 0 radical (unpaired) electrons. The highest BCUT2D eigenvalue weighted by Gasteiger charge is 2.44. The molecule has 20 heavy (non-hydrogen) atoms. The Morgan fingerprint density at radius 1 is 1.25 bits per heavy atom. The van der Waals surface area contributed by atoms with Crippen LogP contribution in [0.2, 0.25) is 0 Å². The Hall–Kier alpha value is -1.59. The van der Waals surface area contributed by atoms with Crippen LogP contribution in [0.4, 0.5) is 0 Å². The molecule has 0 heterocycles. The summed E-state index contributed by atoms with van der Waals surface area (Å²) in [6, 6.07) is 9.34. The van der Waals surface area contributed by atoms with E-state index in [4.69, 9.17) is 6.42 Å². The van der Waals surface area contributed by atoms with Gasteiger partial charge in [-0.3, -0.25) is 4.79 Å². The Kier molecular flexibility index (Phi) is 4.98. The predicted octanol–water partition coefficient (Wildman–Crippen LogP) is 3.44. The number of ketones is 1. The minimum absolute atomic E-state index is 0.0175. The maximum Gasteiger partial charge on any atom is 0.170 e. The molecular formula is C18H22O2. The van der Waals surface area contributed by atoms with Gasteiger partial charge in [-0.05, 0) is 24.3 Å². The van der Waals surface area contributed by atoms with Crippen molar-refractivity contribution in [1.29, 1.82) is 0 Å². The van der Waals surface area contributed by atoms with Crippen LogP contribution in [0.15, 0.2) is 30.3 Å². The van der Waals surface area contributed by atoms with Crippen LogP contribution in [-0.2, 0) is 10.4 Å². The van der Waals surface area contributed by atoms with Crippen molar-refractivity contribution in [3.63, 3.8) is 0 Å². The molecule has 1 N–H and O–H groups in total. The van der Waals surface area contributed by atoms with E-state index in [9.17, 15) is 9.90 Å². The lowest BCUT2D eigenvalue weighted by Gasteiger charge is -2.37. The molecule has 1 atom stereocenters. The summed E-state index contributed by atoms with van der Waals surface area (Å²) in [5.41, 5.74) is -0.646. The third kappa shape index (κ3) is 2.94. The molecule has 2 rings (SSSR count). The number of hydrogen-bond donors (Lipinski definition) is 1. The van der Waals surface area contributed by atoms with E-state index in [2.05, 4.69) is 5.92 Å². The van der Waals surface area contributed by atoms with E-state index in [1.807, 2.05) is 30.3 Å². The lowest BCUT2D eigenvalue weighted by atomic mass is 9.70. The van der Waals surface area contributed by atoms with E-state index in [1.54, 1.807) is 0 Å². The quantitative estimate of drug-likeness (QED) is 0.832. The van der Waals surface area contributed by atoms with Crippen LogP contribution in [0.5, 0.6) is 0 Å². The summed E-state index contributed by atoms with van der Waals surface area (Å²) < 4.78 is 0. The smallest absolute Gasteiger partial charge is 0.170 e. The molecule has 1 unspecified atom stereocenters. The average molecular weight is 270 g/mol. The summed E-state index contributed by atoms with van der Waals surface area (Å²) in [4.78, 5) is 12.6. The van der Waals surface area contributed by atoms with Crippen molar-refractivity contribution >= 4 is 5.78 Å². The number of carbonyl (C=O) groups excluding carboxylic acids is 1. The number of benzene rings is 1. The molecule has 2 nitrogen and oxygen atoms in total. The third-order valence-electron chi connectivity index (χ3n) is 4.33. The molecule has 0 saturated heterocycles. The third-order valence-corrected chi connectivity index (χ3v) is 4.33. The molecular weight excluding hydrogens is 248 g/mol. The van der Waals surface area contributed by atoms with E-state index in [-0.39, 0.29) is 18.1 Å². The van der Waals surface area contributed by atoms with Gasteiger partial charge in [0.25, 0.3) is 0 Å². The first-order valence-corrected chi connectivity index (χ1v) is 7.44. The fourth-order valence-corrected chi connectivity index (χ4v) is 3.21. The summed E-state index contributed by atoms with van der Waals surface area (Å²) in [5, 5.41) is 11.2. The number of hydrogen-bond acceptors (Lipinski definition) is 2. The van der Waals surface area contributed by atoms with Gasteiger partial charge in [-0.25, -0.2) is 0 Å². The lowest BCUT2D eigenvalue weighted by Crippen LogP contribution is -2.44. The minimum atomic E-state index is -1.36.